The second kappa shape index (κ2) is 10.1. The van der Waals surface area contributed by atoms with Crippen LogP contribution in [-0.4, -0.2) is 29.1 Å². The Bertz CT molecular complexity index is 1300. The number of aromatic nitrogens is 1. The normalized spacial score (nSPS) is 14.4. The smallest absolute Gasteiger partial charge is 0.258 e. The van der Waals surface area contributed by atoms with Gasteiger partial charge in [-0.3, -0.25) is 14.6 Å². The van der Waals surface area contributed by atoms with E-state index in [-0.39, 0.29) is 30.2 Å². The Morgan fingerprint density at radius 2 is 1.91 bits per heavy atom. The summed E-state index contributed by atoms with van der Waals surface area (Å²) in [6.07, 6.45) is 4.83. The third kappa shape index (κ3) is 5.53. The summed E-state index contributed by atoms with van der Waals surface area (Å²) in [5.41, 5.74) is 2.23. The molecule has 1 aliphatic heterocycles. The van der Waals surface area contributed by atoms with E-state index in [1.165, 1.54) is 24.5 Å². The zero-order valence-corrected chi connectivity index (χ0v) is 18.7. The molecule has 2 aromatic carbocycles. The maximum atomic E-state index is 13.4. The van der Waals surface area contributed by atoms with Crippen LogP contribution in [-0.2, 0) is 11.3 Å². The summed E-state index contributed by atoms with van der Waals surface area (Å²) < 4.78 is 19.3. The Morgan fingerprint density at radius 3 is 2.68 bits per heavy atom. The number of rotatable bonds is 7. The van der Waals surface area contributed by atoms with Crippen molar-refractivity contribution in [2.45, 2.75) is 26.4 Å². The molecule has 7 nitrogen and oxygen atoms in total. The van der Waals surface area contributed by atoms with Gasteiger partial charge >= 0.3 is 0 Å². The molecule has 0 spiro atoms. The number of hydrogen-bond donors (Lipinski definition) is 2. The Hall–Kier alpha value is -4.33. The van der Waals surface area contributed by atoms with Crippen LogP contribution in [0.3, 0.4) is 0 Å². The van der Waals surface area contributed by atoms with Crippen LogP contribution in [0.4, 0.5) is 10.2 Å². The Kier molecular flexibility index (Phi) is 6.77. The molecular weight excluding hydrogens is 435 g/mol. The molecule has 3 aromatic rings. The number of aliphatic imine (C=N–C) groups is 1. The van der Waals surface area contributed by atoms with E-state index in [1.807, 2.05) is 6.92 Å². The Morgan fingerprint density at radius 1 is 1.09 bits per heavy atom. The number of pyridine rings is 1. The third-order valence-corrected chi connectivity index (χ3v) is 5.20. The minimum atomic E-state index is -0.353. The standard InChI is InChI=1S/C26H23FN4O3/c1-16-11-19(15-29-16)25(32)31-24-13-21(9-10-28-24)34-23-8-4-7-22(17(23)2)26(33)30-14-18-5-3-6-20(27)12-18/h3-13,15-16H,14H2,1-2H3,(H,30,33)(H,28,31,32). The fraction of sp³-hybridized carbons (Fsp3) is 0.154. The molecule has 2 N–H and O–H groups in total. The number of carbonyl (C=O) groups is 2. The fourth-order valence-electron chi connectivity index (χ4n) is 3.43. The van der Waals surface area contributed by atoms with E-state index < -0.39 is 0 Å². The van der Waals surface area contributed by atoms with Crippen molar-refractivity contribution in [3.05, 3.63) is 95.0 Å². The van der Waals surface area contributed by atoms with Gasteiger partial charge < -0.3 is 15.4 Å². The van der Waals surface area contributed by atoms with Gasteiger partial charge in [0, 0.05) is 36.1 Å². The lowest BCUT2D eigenvalue weighted by atomic mass is 10.1. The first kappa shape index (κ1) is 22.8. The number of halogens is 1. The van der Waals surface area contributed by atoms with Crippen molar-refractivity contribution in [2.75, 3.05) is 5.32 Å². The molecule has 1 aromatic heterocycles. The van der Waals surface area contributed by atoms with Gasteiger partial charge in [0.1, 0.15) is 23.1 Å². The number of nitrogens with one attached hydrogen (secondary N) is 2. The summed E-state index contributed by atoms with van der Waals surface area (Å²) in [5.74, 6) is 0.322. The first-order valence-electron chi connectivity index (χ1n) is 10.7. The molecule has 0 bridgehead atoms. The van der Waals surface area contributed by atoms with Crippen LogP contribution in [0.2, 0.25) is 0 Å². The van der Waals surface area contributed by atoms with E-state index in [0.717, 1.165) is 0 Å². The molecule has 4 rings (SSSR count). The number of nitrogens with zero attached hydrogens (tertiary/aromatic N) is 2. The fourth-order valence-corrected chi connectivity index (χ4v) is 3.43. The van der Waals surface area contributed by atoms with Crippen molar-refractivity contribution < 1.29 is 18.7 Å². The quantitative estimate of drug-likeness (QED) is 0.542. The van der Waals surface area contributed by atoms with Gasteiger partial charge in [0.05, 0.1) is 11.6 Å². The zero-order chi connectivity index (χ0) is 24.1. The molecule has 1 unspecified atom stereocenters. The third-order valence-electron chi connectivity index (χ3n) is 5.20. The van der Waals surface area contributed by atoms with Crippen LogP contribution >= 0.6 is 0 Å². The lowest BCUT2D eigenvalue weighted by molar-refractivity contribution is -0.112. The number of hydrogen-bond acceptors (Lipinski definition) is 5. The van der Waals surface area contributed by atoms with Crippen LogP contribution in [0.5, 0.6) is 11.5 Å². The molecule has 0 saturated carbocycles. The summed E-state index contributed by atoms with van der Waals surface area (Å²) in [5, 5.41) is 5.53. The minimum absolute atomic E-state index is 0.0234. The largest absolute Gasteiger partial charge is 0.457 e. The van der Waals surface area contributed by atoms with Crippen molar-refractivity contribution in [3.8, 4) is 11.5 Å². The first-order valence-corrected chi connectivity index (χ1v) is 10.7. The molecular formula is C26H23FN4O3. The predicted molar refractivity (Wildman–Crippen MR) is 128 cm³/mol. The molecule has 34 heavy (non-hydrogen) atoms. The lowest BCUT2D eigenvalue weighted by Crippen LogP contribution is -2.23. The molecule has 1 atom stereocenters. The summed E-state index contributed by atoms with van der Waals surface area (Å²) in [7, 11) is 0. The topological polar surface area (TPSA) is 92.7 Å². The maximum Gasteiger partial charge on any atom is 0.258 e. The van der Waals surface area contributed by atoms with Crippen LogP contribution in [0, 0.1) is 12.7 Å². The van der Waals surface area contributed by atoms with E-state index in [1.54, 1.807) is 55.5 Å². The van der Waals surface area contributed by atoms with Crippen molar-refractivity contribution in [1.29, 1.82) is 0 Å². The average molecular weight is 458 g/mol. The lowest BCUT2D eigenvalue weighted by Gasteiger charge is -2.13. The van der Waals surface area contributed by atoms with Crippen LogP contribution in [0.1, 0.15) is 28.4 Å². The van der Waals surface area contributed by atoms with E-state index in [2.05, 4.69) is 20.6 Å². The first-order chi connectivity index (χ1) is 16.4. The number of anilines is 1. The number of benzene rings is 2. The van der Waals surface area contributed by atoms with Crippen molar-refractivity contribution in [3.63, 3.8) is 0 Å². The second-order valence-electron chi connectivity index (χ2n) is 7.82. The summed E-state index contributed by atoms with van der Waals surface area (Å²) in [4.78, 5) is 33.4. The highest BCUT2D eigenvalue weighted by atomic mass is 19.1. The van der Waals surface area contributed by atoms with Crippen LogP contribution in [0.25, 0.3) is 0 Å². The summed E-state index contributed by atoms with van der Waals surface area (Å²) >= 11 is 0. The van der Waals surface area contributed by atoms with E-state index in [0.29, 0.717) is 39.6 Å². The van der Waals surface area contributed by atoms with E-state index >= 15 is 0 Å². The van der Waals surface area contributed by atoms with Gasteiger partial charge in [-0.05, 0) is 55.8 Å². The molecule has 2 heterocycles. The SMILES string of the molecule is Cc1c(Oc2ccnc(NC(=O)C3=CC(C)N=C3)c2)cccc1C(=O)NCc1cccc(F)c1. The molecule has 8 heteroatoms. The van der Waals surface area contributed by atoms with E-state index in [9.17, 15) is 14.0 Å². The maximum absolute atomic E-state index is 13.4. The monoisotopic (exact) mass is 458 g/mol. The van der Waals surface area contributed by atoms with Gasteiger partial charge in [-0.1, -0.05) is 18.2 Å². The molecule has 1 aliphatic rings. The van der Waals surface area contributed by atoms with Gasteiger partial charge in [0.15, 0.2) is 0 Å². The minimum Gasteiger partial charge on any atom is -0.457 e. The summed E-state index contributed by atoms with van der Waals surface area (Å²) in [6, 6.07) is 14.5. The van der Waals surface area contributed by atoms with Crippen molar-refractivity contribution >= 4 is 23.8 Å². The molecule has 172 valence electrons. The number of ether oxygens (including phenoxy) is 1. The van der Waals surface area contributed by atoms with Crippen molar-refractivity contribution in [2.24, 2.45) is 4.99 Å². The second-order valence-corrected chi connectivity index (χ2v) is 7.82. The summed E-state index contributed by atoms with van der Waals surface area (Å²) in [6.45, 7) is 3.87. The number of carbonyl (C=O) groups excluding carboxylic acids is 2. The van der Waals surface area contributed by atoms with Crippen LogP contribution < -0.4 is 15.4 Å². The Balaban J connectivity index is 1.44. The highest BCUT2D eigenvalue weighted by molar-refractivity contribution is 6.18. The predicted octanol–water partition coefficient (Wildman–Crippen LogP) is 4.59. The molecule has 0 fully saturated rings. The average Bonchev–Trinajstić information content (AvgIpc) is 3.26. The zero-order valence-electron chi connectivity index (χ0n) is 18.7. The van der Waals surface area contributed by atoms with Gasteiger partial charge in [-0.2, -0.15) is 0 Å². The van der Waals surface area contributed by atoms with E-state index in [4.69, 9.17) is 4.74 Å². The highest BCUT2D eigenvalue weighted by Gasteiger charge is 2.16. The highest BCUT2D eigenvalue weighted by Crippen LogP contribution is 2.28. The van der Waals surface area contributed by atoms with Crippen LogP contribution in [0.15, 0.2) is 77.4 Å². The molecule has 0 radical (unpaired) electrons. The number of amides is 2. The van der Waals surface area contributed by atoms with Gasteiger partial charge in [0.25, 0.3) is 11.8 Å². The van der Waals surface area contributed by atoms with Gasteiger partial charge in [-0.15, -0.1) is 0 Å². The molecule has 0 saturated heterocycles. The Labute approximate surface area is 196 Å². The molecule has 2 amide bonds. The van der Waals surface area contributed by atoms with Gasteiger partial charge in [0.2, 0.25) is 0 Å². The molecule has 0 aliphatic carbocycles. The van der Waals surface area contributed by atoms with Crippen molar-refractivity contribution in [1.82, 2.24) is 10.3 Å². The van der Waals surface area contributed by atoms with Gasteiger partial charge in [-0.25, -0.2) is 9.37 Å².